The van der Waals surface area contributed by atoms with E-state index in [4.69, 9.17) is 0 Å². The molecule has 4 heteroatoms. The molecule has 0 heterocycles. The lowest BCUT2D eigenvalue weighted by atomic mass is 10.1. The fraction of sp³-hybridized carbons (Fsp3) is 0.0667. The van der Waals surface area contributed by atoms with Crippen molar-refractivity contribution >= 4 is 12.1 Å². The number of rotatable bonds is 4. The van der Waals surface area contributed by atoms with E-state index in [2.05, 4.69) is 10.5 Å². The minimum atomic E-state index is -0.178. The average molecular weight is 254 g/mol. The van der Waals surface area contributed by atoms with Crippen molar-refractivity contribution in [2.75, 3.05) is 0 Å². The van der Waals surface area contributed by atoms with Gasteiger partial charge in [0.25, 0.3) is 0 Å². The van der Waals surface area contributed by atoms with Crippen LogP contribution in [0.4, 0.5) is 0 Å². The van der Waals surface area contributed by atoms with E-state index in [1.807, 2.05) is 30.3 Å². The Labute approximate surface area is 111 Å². The van der Waals surface area contributed by atoms with Crippen LogP contribution in [0.5, 0.6) is 5.75 Å². The topological polar surface area (TPSA) is 61.7 Å². The normalized spacial score (nSPS) is 10.5. The molecule has 0 fully saturated rings. The maximum absolute atomic E-state index is 11.6. The third-order valence-electron chi connectivity index (χ3n) is 2.48. The van der Waals surface area contributed by atoms with E-state index in [9.17, 15) is 9.90 Å². The molecule has 0 radical (unpaired) electrons. The monoisotopic (exact) mass is 254 g/mol. The lowest BCUT2D eigenvalue weighted by Gasteiger charge is -2.00. The molecule has 2 aromatic carbocycles. The molecule has 2 aromatic rings. The van der Waals surface area contributed by atoms with Gasteiger partial charge in [-0.1, -0.05) is 42.5 Å². The second-order valence-corrected chi connectivity index (χ2v) is 4.05. The van der Waals surface area contributed by atoms with Gasteiger partial charge in [0.2, 0.25) is 5.91 Å². The minimum absolute atomic E-state index is 0.166. The molecule has 0 saturated heterocycles. The molecule has 0 bridgehead atoms. The first-order valence-electron chi connectivity index (χ1n) is 5.89. The summed E-state index contributed by atoms with van der Waals surface area (Å²) in [7, 11) is 0. The lowest BCUT2D eigenvalue weighted by molar-refractivity contribution is -0.120. The highest BCUT2D eigenvalue weighted by Gasteiger charge is 2.00. The van der Waals surface area contributed by atoms with Gasteiger partial charge in [-0.3, -0.25) is 4.79 Å². The number of nitrogens with zero attached hydrogens (tertiary/aromatic N) is 1. The van der Waals surface area contributed by atoms with Crippen LogP contribution in [0, 0.1) is 0 Å². The highest BCUT2D eigenvalue weighted by Crippen LogP contribution is 2.08. The summed E-state index contributed by atoms with van der Waals surface area (Å²) in [5, 5.41) is 13.1. The Kier molecular flexibility index (Phi) is 4.29. The van der Waals surface area contributed by atoms with Crippen LogP contribution in [0.25, 0.3) is 0 Å². The molecule has 0 atom stereocenters. The molecule has 4 nitrogen and oxygen atoms in total. The Morgan fingerprint density at radius 2 is 1.95 bits per heavy atom. The molecular weight excluding hydrogens is 240 g/mol. The molecule has 96 valence electrons. The third-order valence-corrected chi connectivity index (χ3v) is 2.48. The van der Waals surface area contributed by atoms with Gasteiger partial charge in [0.1, 0.15) is 5.75 Å². The lowest BCUT2D eigenvalue weighted by Crippen LogP contribution is -2.19. The Balaban J connectivity index is 1.87. The number of hydrogen-bond acceptors (Lipinski definition) is 3. The van der Waals surface area contributed by atoms with Crippen molar-refractivity contribution in [1.82, 2.24) is 5.43 Å². The first kappa shape index (κ1) is 12.8. The molecule has 0 spiro atoms. The van der Waals surface area contributed by atoms with E-state index >= 15 is 0 Å². The van der Waals surface area contributed by atoms with Crippen molar-refractivity contribution in [3.8, 4) is 5.75 Å². The van der Waals surface area contributed by atoms with Crippen molar-refractivity contribution in [2.24, 2.45) is 5.10 Å². The summed E-state index contributed by atoms with van der Waals surface area (Å²) in [5.41, 5.74) is 4.11. The summed E-state index contributed by atoms with van der Waals surface area (Å²) in [6.45, 7) is 0. The van der Waals surface area contributed by atoms with E-state index in [1.54, 1.807) is 24.3 Å². The average Bonchev–Trinajstić information content (AvgIpc) is 2.40. The van der Waals surface area contributed by atoms with Crippen LogP contribution in [0.1, 0.15) is 11.1 Å². The zero-order chi connectivity index (χ0) is 13.5. The Bertz CT molecular complexity index is 580. The van der Waals surface area contributed by atoms with Crippen molar-refractivity contribution in [3.05, 3.63) is 65.7 Å². The van der Waals surface area contributed by atoms with E-state index < -0.39 is 0 Å². The number of aromatic hydroxyl groups is 1. The number of carbonyl (C=O) groups is 1. The maximum atomic E-state index is 11.6. The zero-order valence-electron chi connectivity index (χ0n) is 10.3. The van der Waals surface area contributed by atoms with Gasteiger partial charge in [0.15, 0.2) is 0 Å². The summed E-state index contributed by atoms with van der Waals surface area (Å²) in [5.74, 6) is -0.0119. The molecule has 2 N–H and O–H groups in total. The fourth-order valence-electron chi connectivity index (χ4n) is 1.60. The van der Waals surface area contributed by atoms with Crippen molar-refractivity contribution in [3.63, 3.8) is 0 Å². The van der Waals surface area contributed by atoms with Gasteiger partial charge in [0.05, 0.1) is 12.6 Å². The van der Waals surface area contributed by atoms with Gasteiger partial charge >= 0.3 is 0 Å². The van der Waals surface area contributed by atoms with E-state index in [-0.39, 0.29) is 18.1 Å². The van der Waals surface area contributed by atoms with Crippen LogP contribution in [0.2, 0.25) is 0 Å². The van der Waals surface area contributed by atoms with E-state index in [0.29, 0.717) is 0 Å². The molecule has 0 aromatic heterocycles. The molecule has 1 amide bonds. The smallest absolute Gasteiger partial charge is 0.244 e. The third kappa shape index (κ3) is 4.27. The predicted octanol–water partition coefficient (Wildman–Crippen LogP) is 2.08. The standard InChI is InChI=1S/C15H14N2O2/c18-14-8-4-7-13(9-14)11-16-17-15(19)10-12-5-2-1-3-6-12/h1-9,11,18H,10H2,(H,17,19). The summed E-state index contributed by atoms with van der Waals surface area (Å²) in [6.07, 6.45) is 1.78. The fourth-order valence-corrected chi connectivity index (χ4v) is 1.60. The first-order valence-corrected chi connectivity index (χ1v) is 5.89. The van der Waals surface area contributed by atoms with Gasteiger partial charge in [-0.15, -0.1) is 0 Å². The van der Waals surface area contributed by atoms with Crippen LogP contribution in [-0.2, 0) is 11.2 Å². The van der Waals surface area contributed by atoms with Crippen LogP contribution in [0.15, 0.2) is 59.7 Å². The highest BCUT2D eigenvalue weighted by molar-refractivity contribution is 5.83. The zero-order valence-corrected chi connectivity index (χ0v) is 10.3. The van der Waals surface area contributed by atoms with Crippen molar-refractivity contribution in [1.29, 1.82) is 0 Å². The Hall–Kier alpha value is -2.62. The highest BCUT2D eigenvalue weighted by atomic mass is 16.3. The van der Waals surface area contributed by atoms with Gasteiger partial charge in [-0.25, -0.2) is 5.43 Å². The Morgan fingerprint density at radius 3 is 2.68 bits per heavy atom. The number of hydrogen-bond donors (Lipinski definition) is 2. The predicted molar refractivity (Wildman–Crippen MR) is 74.0 cm³/mol. The quantitative estimate of drug-likeness (QED) is 0.648. The number of phenolic OH excluding ortho intramolecular Hbond substituents is 1. The molecule has 0 aliphatic heterocycles. The number of carbonyl (C=O) groups excluding carboxylic acids is 1. The molecular formula is C15H14N2O2. The summed E-state index contributed by atoms with van der Waals surface area (Å²) in [4.78, 5) is 11.6. The summed E-state index contributed by atoms with van der Waals surface area (Å²) >= 11 is 0. The first-order chi connectivity index (χ1) is 9.24. The number of amides is 1. The number of phenols is 1. The van der Waals surface area contributed by atoms with E-state index in [0.717, 1.165) is 11.1 Å². The largest absolute Gasteiger partial charge is 0.508 e. The van der Waals surface area contributed by atoms with Gasteiger partial charge in [0, 0.05) is 0 Å². The van der Waals surface area contributed by atoms with Crippen LogP contribution in [-0.4, -0.2) is 17.2 Å². The van der Waals surface area contributed by atoms with Gasteiger partial charge in [-0.05, 0) is 23.3 Å². The summed E-state index contributed by atoms with van der Waals surface area (Å²) in [6, 6.07) is 16.1. The minimum Gasteiger partial charge on any atom is -0.508 e. The number of benzene rings is 2. The SMILES string of the molecule is O=C(Cc1ccccc1)NN=Cc1cccc(O)c1. The molecule has 0 aliphatic carbocycles. The molecule has 0 unspecified atom stereocenters. The molecule has 0 aliphatic rings. The van der Waals surface area contributed by atoms with Crippen LogP contribution < -0.4 is 5.43 Å². The van der Waals surface area contributed by atoms with Crippen molar-refractivity contribution in [2.45, 2.75) is 6.42 Å². The second-order valence-electron chi connectivity index (χ2n) is 4.05. The molecule has 19 heavy (non-hydrogen) atoms. The van der Waals surface area contributed by atoms with Gasteiger partial charge < -0.3 is 5.11 Å². The second kappa shape index (κ2) is 6.35. The molecule has 0 saturated carbocycles. The number of hydrazone groups is 1. The molecule has 2 rings (SSSR count). The number of nitrogens with one attached hydrogen (secondary N) is 1. The van der Waals surface area contributed by atoms with Gasteiger partial charge in [-0.2, -0.15) is 5.10 Å². The summed E-state index contributed by atoms with van der Waals surface area (Å²) < 4.78 is 0. The van der Waals surface area contributed by atoms with Crippen molar-refractivity contribution < 1.29 is 9.90 Å². The van der Waals surface area contributed by atoms with Crippen LogP contribution >= 0.6 is 0 Å². The van der Waals surface area contributed by atoms with E-state index in [1.165, 1.54) is 6.21 Å². The Morgan fingerprint density at radius 1 is 1.16 bits per heavy atom. The van der Waals surface area contributed by atoms with Crippen LogP contribution in [0.3, 0.4) is 0 Å². The maximum Gasteiger partial charge on any atom is 0.244 e.